The summed E-state index contributed by atoms with van der Waals surface area (Å²) in [5.41, 5.74) is 3.86. The van der Waals surface area contributed by atoms with Crippen molar-refractivity contribution < 1.29 is 19.1 Å². The topological polar surface area (TPSA) is 81.9 Å². The molecule has 22 heavy (non-hydrogen) atoms. The van der Waals surface area contributed by atoms with Crippen LogP contribution in [0.3, 0.4) is 0 Å². The molecule has 1 spiro atoms. The largest absolute Gasteiger partial charge is 0.459 e. The third-order valence-electron chi connectivity index (χ3n) is 4.21. The lowest BCUT2D eigenvalue weighted by Crippen LogP contribution is -2.45. The molecule has 1 aliphatic heterocycles. The molecule has 2 N–H and O–H groups in total. The molecule has 0 radical (unpaired) electrons. The Morgan fingerprint density at radius 1 is 1.05 bits per heavy atom. The highest BCUT2D eigenvalue weighted by Crippen LogP contribution is 2.60. The molecule has 2 atom stereocenters. The first-order chi connectivity index (χ1) is 9.78. The summed E-state index contributed by atoms with van der Waals surface area (Å²) >= 11 is 0. The molecule has 1 heterocycles. The van der Waals surface area contributed by atoms with E-state index in [1.54, 1.807) is 4.90 Å². The summed E-state index contributed by atoms with van der Waals surface area (Å²) in [7, 11) is 0. The summed E-state index contributed by atoms with van der Waals surface area (Å²) < 4.78 is 10.8. The van der Waals surface area contributed by atoms with Crippen LogP contribution in [0.1, 0.15) is 54.4 Å². The number of carbonyl (C=O) groups is 2. The highest BCUT2D eigenvalue weighted by atomic mass is 16.6. The summed E-state index contributed by atoms with van der Waals surface area (Å²) in [5.74, 6) is -0.369. The molecular formula is C16H28N2O4. The molecule has 2 unspecified atom stereocenters. The van der Waals surface area contributed by atoms with Gasteiger partial charge in [0.1, 0.15) is 16.7 Å². The van der Waals surface area contributed by atoms with Gasteiger partial charge in [0.25, 0.3) is 0 Å². The first-order valence-electron chi connectivity index (χ1n) is 7.78. The molecule has 6 heteroatoms. The predicted octanol–water partition coefficient (Wildman–Crippen LogP) is 2.06. The Balaban J connectivity index is 1.99. The van der Waals surface area contributed by atoms with E-state index in [0.717, 1.165) is 0 Å². The SMILES string of the molecule is CC(C)(C)OC(=O)N1CCC2(C1)CC2(N)C(=O)OC(C)(C)C. The Morgan fingerprint density at radius 2 is 1.59 bits per heavy atom. The third kappa shape index (κ3) is 3.21. The molecule has 0 aromatic carbocycles. The van der Waals surface area contributed by atoms with Crippen molar-refractivity contribution >= 4 is 12.1 Å². The van der Waals surface area contributed by atoms with E-state index in [2.05, 4.69) is 0 Å². The highest BCUT2D eigenvalue weighted by molar-refractivity contribution is 5.87. The van der Waals surface area contributed by atoms with Gasteiger partial charge in [-0.3, -0.25) is 4.79 Å². The number of rotatable bonds is 1. The molecule has 0 aromatic rings. The number of hydrogen-bond donors (Lipinski definition) is 1. The van der Waals surface area contributed by atoms with E-state index in [4.69, 9.17) is 15.2 Å². The summed E-state index contributed by atoms with van der Waals surface area (Å²) in [5, 5.41) is 0. The highest BCUT2D eigenvalue weighted by Gasteiger charge is 2.73. The Labute approximate surface area is 132 Å². The van der Waals surface area contributed by atoms with Gasteiger partial charge in [-0.25, -0.2) is 4.79 Å². The summed E-state index contributed by atoms with van der Waals surface area (Å²) in [6, 6.07) is 0. The molecule has 0 bridgehead atoms. The van der Waals surface area contributed by atoms with Crippen molar-refractivity contribution in [2.75, 3.05) is 13.1 Å². The van der Waals surface area contributed by atoms with E-state index in [1.807, 2.05) is 41.5 Å². The van der Waals surface area contributed by atoms with Crippen molar-refractivity contribution in [3.05, 3.63) is 0 Å². The van der Waals surface area contributed by atoms with Gasteiger partial charge >= 0.3 is 12.1 Å². The van der Waals surface area contributed by atoms with Crippen LogP contribution in [0.15, 0.2) is 0 Å². The van der Waals surface area contributed by atoms with Crippen LogP contribution < -0.4 is 5.73 Å². The fourth-order valence-corrected chi connectivity index (χ4v) is 3.01. The minimum Gasteiger partial charge on any atom is -0.459 e. The average Bonchev–Trinajstić information content (AvgIpc) is 2.66. The molecule has 126 valence electrons. The number of likely N-dealkylation sites (tertiary alicyclic amines) is 1. The molecule has 1 aliphatic carbocycles. The fraction of sp³-hybridized carbons (Fsp3) is 0.875. The first kappa shape index (κ1) is 17.1. The van der Waals surface area contributed by atoms with Crippen molar-refractivity contribution in [1.29, 1.82) is 0 Å². The van der Waals surface area contributed by atoms with Crippen LogP contribution in [0.25, 0.3) is 0 Å². The van der Waals surface area contributed by atoms with E-state index in [-0.39, 0.29) is 17.5 Å². The molecule has 0 aromatic heterocycles. The lowest BCUT2D eigenvalue weighted by atomic mass is 9.99. The van der Waals surface area contributed by atoms with Crippen molar-refractivity contribution in [3.8, 4) is 0 Å². The minimum absolute atomic E-state index is 0.345. The predicted molar refractivity (Wildman–Crippen MR) is 82.2 cm³/mol. The normalized spacial score (nSPS) is 31.3. The zero-order valence-electron chi connectivity index (χ0n) is 14.5. The monoisotopic (exact) mass is 312 g/mol. The van der Waals surface area contributed by atoms with Crippen LogP contribution >= 0.6 is 0 Å². The van der Waals surface area contributed by atoms with Gasteiger partial charge in [0, 0.05) is 18.5 Å². The Kier molecular flexibility index (Phi) is 3.76. The Hall–Kier alpha value is -1.30. The molecule has 1 saturated carbocycles. The Bertz CT molecular complexity index is 491. The Morgan fingerprint density at radius 3 is 2.09 bits per heavy atom. The number of nitrogens with two attached hydrogens (primary N) is 1. The lowest BCUT2D eigenvalue weighted by molar-refractivity contribution is -0.158. The van der Waals surface area contributed by atoms with E-state index < -0.39 is 16.7 Å². The van der Waals surface area contributed by atoms with Crippen LogP contribution in [0, 0.1) is 5.41 Å². The van der Waals surface area contributed by atoms with Crippen molar-refractivity contribution in [3.63, 3.8) is 0 Å². The van der Waals surface area contributed by atoms with Crippen LogP contribution in [0.5, 0.6) is 0 Å². The van der Waals surface area contributed by atoms with Gasteiger partial charge in [-0.15, -0.1) is 0 Å². The molecular weight excluding hydrogens is 284 g/mol. The quantitative estimate of drug-likeness (QED) is 0.749. The van der Waals surface area contributed by atoms with Crippen LogP contribution in [-0.4, -0.2) is 46.8 Å². The maximum atomic E-state index is 12.3. The number of amides is 1. The smallest absolute Gasteiger partial charge is 0.410 e. The van der Waals surface area contributed by atoms with Crippen molar-refractivity contribution in [1.82, 2.24) is 4.90 Å². The van der Waals surface area contributed by atoms with Gasteiger partial charge in [-0.05, 0) is 54.4 Å². The minimum atomic E-state index is -0.975. The van der Waals surface area contributed by atoms with Gasteiger partial charge in [-0.1, -0.05) is 0 Å². The summed E-state index contributed by atoms with van der Waals surface area (Å²) in [6.45, 7) is 12.0. The fourth-order valence-electron chi connectivity index (χ4n) is 3.01. The average molecular weight is 312 g/mol. The van der Waals surface area contributed by atoms with Crippen LogP contribution in [0.2, 0.25) is 0 Å². The zero-order chi connectivity index (χ0) is 17.0. The standard InChI is InChI=1S/C16H28N2O4/c1-13(2,3)21-11(19)16(17)9-15(16)7-8-18(10-15)12(20)22-14(4,5)6/h7-10,17H2,1-6H3. The van der Waals surface area contributed by atoms with E-state index >= 15 is 0 Å². The van der Waals surface area contributed by atoms with Gasteiger partial charge in [0.05, 0.1) is 0 Å². The molecule has 2 fully saturated rings. The van der Waals surface area contributed by atoms with E-state index in [1.165, 1.54) is 0 Å². The molecule has 1 amide bonds. The molecule has 2 rings (SSSR count). The van der Waals surface area contributed by atoms with Crippen LogP contribution in [0.4, 0.5) is 4.79 Å². The maximum absolute atomic E-state index is 12.3. The number of ether oxygens (including phenoxy) is 2. The molecule has 6 nitrogen and oxygen atoms in total. The first-order valence-corrected chi connectivity index (χ1v) is 7.78. The van der Waals surface area contributed by atoms with E-state index in [0.29, 0.717) is 25.9 Å². The maximum Gasteiger partial charge on any atom is 0.410 e. The third-order valence-corrected chi connectivity index (χ3v) is 4.21. The van der Waals surface area contributed by atoms with E-state index in [9.17, 15) is 9.59 Å². The number of nitrogens with zero attached hydrogens (tertiary/aromatic N) is 1. The van der Waals surface area contributed by atoms with Crippen LogP contribution in [-0.2, 0) is 14.3 Å². The van der Waals surface area contributed by atoms with Crippen molar-refractivity contribution in [2.45, 2.75) is 71.1 Å². The second-order valence-electron chi connectivity index (χ2n) is 8.58. The number of carbonyl (C=O) groups excluding carboxylic acids is 2. The summed E-state index contributed by atoms with van der Waals surface area (Å²) in [4.78, 5) is 26.1. The number of hydrogen-bond acceptors (Lipinski definition) is 5. The lowest BCUT2D eigenvalue weighted by Gasteiger charge is -2.26. The zero-order valence-corrected chi connectivity index (χ0v) is 14.5. The number of esters is 1. The second kappa shape index (κ2) is 4.85. The second-order valence-corrected chi connectivity index (χ2v) is 8.58. The molecule has 2 aliphatic rings. The van der Waals surface area contributed by atoms with Gasteiger partial charge in [0.2, 0.25) is 0 Å². The van der Waals surface area contributed by atoms with Gasteiger partial charge in [-0.2, -0.15) is 0 Å². The summed E-state index contributed by atoms with van der Waals surface area (Å²) in [6.07, 6.45) is 0.929. The van der Waals surface area contributed by atoms with Gasteiger partial charge < -0.3 is 20.1 Å². The van der Waals surface area contributed by atoms with Gasteiger partial charge in [0.15, 0.2) is 0 Å². The molecule has 1 saturated heterocycles. The van der Waals surface area contributed by atoms with Crippen molar-refractivity contribution in [2.24, 2.45) is 11.1 Å².